The molecule has 83 valence electrons. The number of unbranched alkanes of at least 4 members (excludes halogenated alkanes) is 3. The average molecular weight is 205 g/mol. The minimum Gasteiger partial charge on any atom is -0.301 e. The molecule has 0 N–H and O–H groups in total. The van der Waals surface area contributed by atoms with E-state index in [1.807, 2.05) is 18.3 Å². The van der Waals surface area contributed by atoms with E-state index in [1.165, 1.54) is 25.7 Å². The molecule has 2 nitrogen and oxygen atoms in total. The summed E-state index contributed by atoms with van der Waals surface area (Å²) in [5.41, 5.74) is 1.04. The van der Waals surface area contributed by atoms with Gasteiger partial charge in [-0.05, 0) is 26.1 Å². The van der Waals surface area contributed by atoms with Gasteiger partial charge in [0, 0.05) is 18.8 Å². The lowest BCUT2D eigenvalue weighted by molar-refractivity contribution is 0.313. The SMILES string of the molecule is CCCCCCN(C)Cc1[c]cccn1. The molecule has 1 aromatic rings. The van der Waals surface area contributed by atoms with E-state index in [2.05, 4.69) is 29.9 Å². The van der Waals surface area contributed by atoms with E-state index in [4.69, 9.17) is 0 Å². The molecule has 1 rings (SSSR count). The van der Waals surface area contributed by atoms with Gasteiger partial charge in [0.05, 0.1) is 5.69 Å². The Morgan fingerprint density at radius 3 is 2.87 bits per heavy atom. The van der Waals surface area contributed by atoms with Crippen LogP contribution in [0.3, 0.4) is 0 Å². The highest BCUT2D eigenvalue weighted by molar-refractivity contribution is 5.00. The first-order valence-corrected chi connectivity index (χ1v) is 5.83. The quantitative estimate of drug-likeness (QED) is 0.636. The van der Waals surface area contributed by atoms with Crippen LogP contribution in [0.4, 0.5) is 0 Å². The Kier molecular flexibility index (Phi) is 6.02. The van der Waals surface area contributed by atoms with Gasteiger partial charge in [-0.1, -0.05) is 32.3 Å². The molecule has 0 aliphatic rings. The maximum Gasteiger partial charge on any atom is 0.0622 e. The van der Waals surface area contributed by atoms with Crippen molar-refractivity contribution in [2.75, 3.05) is 13.6 Å². The van der Waals surface area contributed by atoms with Crippen molar-refractivity contribution in [1.29, 1.82) is 0 Å². The van der Waals surface area contributed by atoms with Gasteiger partial charge >= 0.3 is 0 Å². The van der Waals surface area contributed by atoms with Crippen LogP contribution in [-0.4, -0.2) is 23.5 Å². The highest BCUT2D eigenvalue weighted by Gasteiger charge is 2.00. The van der Waals surface area contributed by atoms with Crippen molar-refractivity contribution in [2.45, 2.75) is 39.2 Å². The van der Waals surface area contributed by atoms with E-state index in [9.17, 15) is 0 Å². The van der Waals surface area contributed by atoms with Crippen LogP contribution in [-0.2, 0) is 6.54 Å². The summed E-state index contributed by atoms with van der Waals surface area (Å²) in [5.74, 6) is 0. The van der Waals surface area contributed by atoms with E-state index >= 15 is 0 Å². The molecule has 0 saturated carbocycles. The van der Waals surface area contributed by atoms with Crippen LogP contribution in [0, 0.1) is 6.07 Å². The van der Waals surface area contributed by atoms with Gasteiger partial charge in [0.25, 0.3) is 0 Å². The lowest BCUT2D eigenvalue weighted by Gasteiger charge is -2.15. The first kappa shape index (κ1) is 12.2. The Balaban J connectivity index is 2.16. The molecule has 15 heavy (non-hydrogen) atoms. The molecule has 0 spiro atoms. The number of pyridine rings is 1. The average Bonchev–Trinajstić information content (AvgIpc) is 2.26. The van der Waals surface area contributed by atoms with Gasteiger partial charge in [0.15, 0.2) is 0 Å². The van der Waals surface area contributed by atoms with Crippen LogP contribution in [0.15, 0.2) is 18.3 Å². The van der Waals surface area contributed by atoms with Crippen molar-refractivity contribution >= 4 is 0 Å². The zero-order chi connectivity index (χ0) is 10.9. The molecular formula is C13H21N2. The highest BCUT2D eigenvalue weighted by Crippen LogP contribution is 2.03. The standard InChI is InChI=1S/C13H21N2/c1-3-4-5-8-11-15(2)12-13-9-6-7-10-14-13/h6-7,10H,3-5,8,11-12H2,1-2H3. The van der Waals surface area contributed by atoms with Crippen LogP contribution in [0.2, 0.25) is 0 Å². The minimum absolute atomic E-state index is 0.910. The lowest BCUT2D eigenvalue weighted by Crippen LogP contribution is -2.19. The molecule has 0 amide bonds. The van der Waals surface area contributed by atoms with Crippen molar-refractivity contribution in [1.82, 2.24) is 9.88 Å². The van der Waals surface area contributed by atoms with Gasteiger partial charge in [0.1, 0.15) is 0 Å². The van der Waals surface area contributed by atoms with Crippen LogP contribution in [0.1, 0.15) is 38.3 Å². The molecule has 0 aliphatic heterocycles. The van der Waals surface area contributed by atoms with Gasteiger partial charge in [-0.25, -0.2) is 0 Å². The Morgan fingerprint density at radius 2 is 2.20 bits per heavy atom. The topological polar surface area (TPSA) is 16.1 Å². The van der Waals surface area contributed by atoms with Crippen LogP contribution in [0.5, 0.6) is 0 Å². The number of rotatable bonds is 7. The van der Waals surface area contributed by atoms with Gasteiger partial charge in [-0.3, -0.25) is 4.98 Å². The molecule has 0 unspecified atom stereocenters. The number of aromatic nitrogens is 1. The second-order valence-electron chi connectivity index (χ2n) is 4.03. The molecular weight excluding hydrogens is 184 g/mol. The second-order valence-corrected chi connectivity index (χ2v) is 4.03. The molecule has 0 bridgehead atoms. The maximum atomic E-state index is 4.27. The third-order valence-corrected chi connectivity index (χ3v) is 2.48. The summed E-state index contributed by atoms with van der Waals surface area (Å²) in [4.78, 5) is 6.58. The second kappa shape index (κ2) is 7.41. The van der Waals surface area contributed by atoms with Gasteiger partial charge < -0.3 is 4.90 Å². The normalized spacial score (nSPS) is 10.9. The number of hydrogen-bond acceptors (Lipinski definition) is 2. The Bertz CT molecular complexity index is 246. The fourth-order valence-corrected chi connectivity index (χ4v) is 1.59. The van der Waals surface area contributed by atoms with E-state index in [0.29, 0.717) is 0 Å². The van der Waals surface area contributed by atoms with E-state index in [0.717, 1.165) is 18.8 Å². The summed E-state index contributed by atoms with van der Waals surface area (Å²) >= 11 is 0. The van der Waals surface area contributed by atoms with Crippen LogP contribution >= 0.6 is 0 Å². The van der Waals surface area contributed by atoms with Gasteiger partial charge in [-0.2, -0.15) is 0 Å². The Hall–Kier alpha value is -0.890. The van der Waals surface area contributed by atoms with Crippen LogP contribution < -0.4 is 0 Å². The highest BCUT2D eigenvalue weighted by atomic mass is 15.1. The van der Waals surface area contributed by atoms with E-state index in [1.54, 1.807) is 0 Å². The number of nitrogens with zero attached hydrogens (tertiary/aromatic N) is 2. The predicted molar refractivity (Wildman–Crippen MR) is 63.5 cm³/mol. The van der Waals surface area contributed by atoms with E-state index in [-0.39, 0.29) is 0 Å². The molecule has 1 radical (unpaired) electrons. The summed E-state index contributed by atoms with van der Waals surface area (Å²) in [7, 11) is 2.15. The fourth-order valence-electron chi connectivity index (χ4n) is 1.59. The van der Waals surface area contributed by atoms with Crippen molar-refractivity contribution in [3.8, 4) is 0 Å². The zero-order valence-electron chi connectivity index (χ0n) is 9.87. The maximum absolute atomic E-state index is 4.27. The summed E-state index contributed by atoms with van der Waals surface area (Å²) in [6.07, 6.45) is 7.11. The summed E-state index contributed by atoms with van der Waals surface area (Å²) < 4.78 is 0. The third-order valence-electron chi connectivity index (χ3n) is 2.48. The molecule has 0 aliphatic carbocycles. The predicted octanol–water partition coefficient (Wildman–Crippen LogP) is 2.89. The molecule has 1 heterocycles. The molecule has 0 atom stereocenters. The summed E-state index contributed by atoms with van der Waals surface area (Å²) in [6.45, 7) is 4.31. The fraction of sp³-hybridized carbons (Fsp3) is 0.615. The minimum atomic E-state index is 0.910. The van der Waals surface area contributed by atoms with Crippen molar-refractivity contribution in [3.63, 3.8) is 0 Å². The molecule has 1 aromatic heterocycles. The lowest BCUT2D eigenvalue weighted by atomic mass is 10.2. The molecule has 0 fully saturated rings. The van der Waals surface area contributed by atoms with Crippen molar-refractivity contribution in [3.05, 3.63) is 30.1 Å². The Morgan fingerprint density at radius 1 is 1.33 bits per heavy atom. The smallest absolute Gasteiger partial charge is 0.0622 e. The van der Waals surface area contributed by atoms with Crippen molar-refractivity contribution in [2.24, 2.45) is 0 Å². The molecule has 0 saturated heterocycles. The zero-order valence-corrected chi connectivity index (χ0v) is 9.87. The first-order chi connectivity index (χ1) is 7.33. The molecule has 2 heteroatoms. The molecule has 0 aromatic carbocycles. The largest absolute Gasteiger partial charge is 0.301 e. The first-order valence-electron chi connectivity index (χ1n) is 5.83. The summed E-state index contributed by atoms with van der Waals surface area (Å²) in [6, 6.07) is 6.98. The Labute approximate surface area is 93.3 Å². The third kappa shape index (κ3) is 5.53. The van der Waals surface area contributed by atoms with Crippen molar-refractivity contribution < 1.29 is 0 Å². The van der Waals surface area contributed by atoms with Gasteiger partial charge in [0.2, 0.25) is 0 Å². The van der Waals surface area contributed by atoms with E-state index < -0.39 is 0 Å². The monoisotopic (exact) mass is 205 g/mol. The van der Waals surface area contributed by atoms with Crippen LogP contribution in [0.25, 0.3) is 0 Å². The number of hydrogen-bond donors (Lipinski definition) is 0. The summed E-state index contributed by atoms with van der Waals surface area (Å²) in [5, 5.41) is 0. The van der Waals surface area contributed by atoms with Gasteiger partial charge in [-0.15, -0.1) is 0 Å².